The highest BCUT2D eigenvalue weighted by Crippen LogP contribution is 2.14. The highest BCUT2D eigenvalue weighted by Gasteiger charge is 2.14. The highest BCUT2D eigenvalue weighted by molar-refractivity contribution is 7.08. The zero-order valence-electron chi connectivity index (χ0n) is 14.7. The molecule has 1 aromatic heterocycles. The van der Waals surface area contributed by atoms with Crippen molar-refractivity contribution in [2.45, 2.75) is 6.42 Å². The van der Waals surface area contributed by atoms with Crippen molar-refractivity contribution in [2.75, 3.05) is 32.6 Å². The van der Waals surface area contributed by atoms with Crippen LogP contribution in [-0.2, 0) is 9.59 Å². The number of carbonyl (C=O) groups is 3. The van der Waals surface area contributed by atoms with Gasteiger partial charge in [0, 0.05) is 36.6 Å². The summed E-state index contributed by atoms with van der Waals surface area (Å²) in [7, 11) is 3.12. The van der Waals surface area contributed by atoms with Crippen LogP contribution in [0.2, 0.25) is 0 Å². The van der Waals surface area contributed by atoms with Crippen LogP contribution in [0.1, 0.15) is 16.8 Å². The Bertz CT molecular complexity index is 744. The molecule has 138 valence electrons. The van der Waals surface area contributed by atoms with Gasteiger partial charge >= 0.3 is 0 Å². The Kier molecular flexibility index (Phi) is 7.16. The lowest BCUT2D eigenvalue weighted by Gasteiger charge is -2.17. The Morgan fingerprint density at radius 1 is 1.15 bits per heavy atom. The van der Waals surface area contributed by atoms with Gasteiger partial charge in [-0.1, -0.05) is 0 Å². The van der Waals surface area contributed by atoms with Crippen LogP contribution in [-0.4, -0.2) is 49.9 Å². The van der Waals surface area contributed by atoms with Crippen LogP contribution in [0.3, 0.4) is 0 Å². The molecule has 0 saturated carbocycles. The van der Waals surface area contributed by atoms with E-state index in [2.05, 4.69) is 10.6 Å². The molecular weight excluding hydrogens is 354 g/mol. The number of hydrogen-bond donors (Lipinski definition) is 2. The molecule has 2 aromatic rings. The van der Waals surface area contributed by atoms with Crippen LogP contribution in [0, 0.1) is 0 Å². The van der Waals surface area contributed by atoms with Gasteiger partial charge in [-0.15, -0.1) is 0 Å². The number of nitrogens with zero attached hydrogens (tertiary/aromatic N) is 1. The molecule has 0 aliphatic rings. The molecule has 7 nitrogen and oxygen atoms in total. The van der Waals surface area contributed by atoms with E-state index in [-0.39, 0.29) is 37.2 Å². The molecule has 26 heavy (non-hydrogen) atoms. The number of nitrogens with one attached hydrogen (secondary N) is 2. The van der Waals surface area contributed by atoms with Crippen molar-refractivity contribution in [3.8, 4) is 5.75 Å². The fraction of sp³-hybridized carbons (Fsp3) is 0.278. The number of anilines is 1. The summed E-state index contributed by atoms with van der Waals surface area (Å²) in [5.41, 5.74) is 1.20. The molecule has 0 fully saturated rings. The summed E-state index contributed by atoms with van der Waals surface area (Å²) in [5.74, 6) is -0.0347. The van der Waals surface area contributed by atoms with Gasteiger partial charge in [0.05, 0.1) is 13.7 Å². The van der Waals surface area contributed by atoms with Crippen LogP contribution >= 0.6 is 11.3 Å². The monoisotopic (exact) mass is 375 g/mol. The fourth-order valence-electron chi connectivity index (χ4n) is 2.15. The molecule has 1 aromatic carbocycles. The van der Waals surface area contributed by atoms with E-state index in [4.69, 9.17) is 4.74 Å². The summed E-state index contributed by atoms with van der Waals surface area (Å²) in [6.45, 7) is 0.154. The number of hydrogen-bond acceptors (Lipinski definition) is 5. The molecule has 2 N–H and O–H groups in total. The molecule has 8 heteroatoms. The van der Waals surface area contributed by atoms with E-state index in [1.54, 1.807) is 49.9 Å². The van der Waals surface area contributed by atoms with E-state index >= 15 is 0 Å². The minimum Gasteiger partial charge on any atom is -0.497 e. The zero-order chi connectivity index (χ0) is 18.9. The second-order valence-electron chi connectivity index (χ2n) is 5.54. The SMILES string of the molecule is COc1ccc(NC(=O)CN(C)C(=O)CCNC(=O)c2ccsc2)cc1. The van der Waals surface area contributed by atoms with Gasteiger partial charge in [0.1, 0.15) is 5.75 Å². The van der Waals surface area contributed by atoms with Gasteiger partial charge in [0.2, 0.25) is 11.8 Å². The highest BCUT2D eigenvalue weighted by atomic mass is 32.1. The minimum atomic E-state index is -0.298. The topological polar surface area (TPSA) is 87.7 Å². The summed E-state index contributed by atoms with van der Waals surface area (Å²) < 4.78 is 5.05. The number of rotatable bonds is 8. The van der Waals surface area contributed by atoms with Gasteiger partial charge in [0.25, 0.3) is 5.91 Å². The molecule has 0 saturated heterocycles. The molecule has 0 radical (unpaired) electrons. The van der Waals surface area contributed by atoms with Crippen molar-refractivity contribution < 1.29 is 19.1 Å². The molecule has 0 atom stereocenters. The maximum absolute atomic E-state index is 12.1. The van der Waals surface area contributed by atoms with Gasteiger partial charge < -0.3 is 20.3 Å². The first-order chi connectivity index (χ1) is 12.5. The summed E-state index contributed by atoms with van der Waals surface area (Å²) in [4.78, 5) is 37.2. The van der Waals surface area contributed by atoms with Crippen LogP contribution in [0.25, 0.3) is 0 Å². The Morgan fingerprint density at radius 2 is 1.88 bits per heavy atom. The Hall–Kier alpha value is -2.87. The first-order valence-corrected chi connectivity index (χ1v) is 8.92. The standard InChI is InChI=1S/C18H21N3O4S/c1-21(11-16(22)20-14-3-5-15(25-2)6-4-14)17(23)7-9-19-18(24)13-8-10-26-12-13/h3-6,8,10,12H,7,9,11H2,1-2H3,(H,19,24)(H,20,22). The van der Waals surface area contributed by atoms with Crippen LogP contribution in [0.5, 0.6) is 5.75 Å². The van der Waals surface area contributed by atoms with Crippen molar-refractivity contribution in [1.82, 2.24) is 10.2 Å². The van der Waals surface area contributed by atoms with Gasteiger partial charge in [-0.05, 0) is 35.7 Å². The molecule has 2 rings (SSSR count). The normalized spacial score (nSPS) is 10.1. The van der Waals surface area contributed by atoms with Gasteiger partial charge in [-0.2, -0.15) is 11.3 Å². The Balaban J connectivity index is 1.71. The molecule has 1 heterocycles. The third-order valence-electron chi connectivity index (χ3n) is 3.59. The second kappa shape index (κ2) is 9.57. The smallest absolute Gasteiger partial charge is 0.252 e. The van der Waals surface area contributed by atoms with Crippen molar-refractivity contribution in [1.29, 1.82) is 0 Å². The molecule has 0 spiro atoms. The predicted molar refractivity (Wildman–Crippen MR) is 101 cm³/mol. The van der Waals surface area contributed by atoms with E-state index in [1.807, 2.05) is 5.38 Å². The van der Waals surface area contributed by atoms with E-state index in [0.717, 1.165) is 0 Å². The van der Waals surface area contributed by atoms with Gasteiger partial charge in [0.15, 0.2) is 0 Å². The number of ether oxygens (including phenoxy) is 1. The maximum atomic E-state index is 12.1. The summed E-state index contributed by atoms with van der Waals surface area (Å²) >= 11 is 1.43. The lowest BCUT2D eigenvalue weighted by molar-refractivity contribution is -0.133. The van der Waals surface area contributed by atoms with Crippen molar-refractivity contribution in [3.63, 3.8) is 0 Å². The largest absolute Gasteiger partial charge is 0.497 e. The van der Waals surface area contributed by atoms with E-state index in [0.29, 0.717) is 17.0 Å². The third kappa shape index (κ3) is 5.89. The summed E-state index contributed by atoms with van der Waals surface area (Å²) in [5, 5.41) is 8.96. The number of thiophene rings is 1. The average molecular weight is 375 g/mol. The van der Waals surface area contributed by atoms with Gasteiger partial charge in [-0.3, -0.25) is 14.4 Å². The lowest BCUT2D eigenvalue weighted by atomic mass is 10.3. The van der Waals surface area contributed by atoms with E-state index in [1.165, 1.54) is 16.2 Å². The number of carbonyl (C=O) groups excluding carboxylic acids is 3. The minimum absolute atomic E-state index is 0.0661. The summed E-state index contributed by atoms with van der Waals surface area (Å²) in [6.07, 6.45) is 0.127. The third-order valence-corrected chi connectivity index (χ3v) is 4.27. The van der Waals surface area contributed by atoms with Crippen LogP contribution < -0.4 is 15.4 Å². The first-order valence-electron chi connectivity index (χ1n) is 7.98. The molecule has 0 unspecified atom stereocenters. The average Bonchev–Trinajstić information content (AvgIpc) is 3.16. The van der Waals surface area contributed by atoms with E-state index < -0.39 is 0 Å². The second-order valence-corrected chi connectivity index (χ2v) is 6.32. The van der Waals surface area contributed by atoms with Crippen LogP contribution in [0.15, 0.2) is 41.1 Å². The first kappa shape index (κ1) is 19.5. The fourth-order valence-corrected chi connectivity index (χ4v) is 2.78. The predicted octanol–water partition coefficient (Wildman–Crippen LogP) is 1.97. The number of benzene rings is 1. The van der Waals surface area contributed by atoms with Crippen molar-refractivity contribution in [2.24, 2.45) is 0 Å². The molecule has 0 bridgehead atoms. The van der Waals surface area contributed by atoms with Crippen LogP contribution in [0.4, 0.5) is 5.69 Å². The number of amides is 3. The Morgan fingerprint density at radius 3 is 2.50 bits per heavy atom. The number of methoxy groups -OCH3 is 1. The molecule has 0 aliphatic carbocycles. The van der Waals surface area contributed by atoms with Gasteiger partial charge in [-0.25, -0.2) is 0 Å². The quantitative estimate of drug-likeness (QED) is 0.738. The van der Waals surface area contributed by atoms with Crippen molar-refractivity contribution in [3.05, 3.63) is 46.7 Å². The molecule has 0 aliphatic heterocycles. The maximum Gasteiger partial charge on any atom is 0.252 e. The van der Waals surface area contributed by atoms with Crippen molar-refractivity contribution >= 4 is 34.7 Å². The lowest BCUT2D eigenvalue weighted by Crippen LogP contribution is -2.37. The Labute approximate surface area is 156 Å². The van der Waals surface area contributed by atoms with E-state index in [9.17, 15) is 14.4 Å². The molecule has 3 amide bonds. The zero-order valence-corrected chi connectivity index (χ0v) is 15.5. The summed E-state index contributed by atoms with van der Waals surface area (Å²) in [6, 6.07) is 8.63. The molecular formula is C18H21N3O4S. The number of likely N-dealkylation sites (N-methyl/N-ethyl adjacent to an activating group) is 1.